The average Bonchev–Trinajstić information content (AvgIpc) is 3.07. The largest absolute Gasteiger partial charge is 0.371 e. The molecule has 2 fully saturated rings. The van der Waals surface area contributed by atoms with Crippen molar-refractivity contribution in [3.05, 3.63) is 48.3 Å². The van der Waals surface area contributed by atoms with E-state index in [-0.39, 0.29) is 11.8 Å². The maximum atomic E-state index is 13.2. The van der Waals surface area contributed by atoms with Gasteiger partial charge in [-0.1, -0.05) is 18.2 Å². The van der Waals surface area contributed by atoms with Gasteiger partial charge in [-0.05, 0) is 31.4 Å². The van der Waals surface area contributed by atoms with Crippen molar-refractivity contribution < 1.29 is 9.59 Å². The van der Waals surface area contributed by atoms with Gasteiger partial charge in [0.25, 0.3) is 5.91 Å². The normalized spacial score (nSPS) is 18.7. The third-order valence-electron chi connectivity index (χ3n) is 5.57. The second kappa shape index (κ2) is 7.06. The highest BCUT2D eigenvalue weighted by molar-refractivity contribution is 5.95. The van der Waals surface area contributed by atoms with Crippen molar-refractivity contribution in [1.82, 2.24) is 19.6 Å². The molecule has 0 bridgehead atoms. The lowest BCUT2D eigenvalue weighted by molar-refractivity contribution is -0.141. The van der Waals surface area contributed by atoms with E-state index in [2.05, 4.69) is 10.4 Å². The van der Waals surface area contributed by atoms with E-state index in [1.807, 2.05) is 40.1 Å². The van der Waals surface area contributed by atoms with Gasteiger partial charge in [-0.3, -0.25) is 14.3 Å². The van der Waals surface area contributed by atoms with Crippen molar-refractivity contribution in [3.63, 3.8) is 0 Å². The lowest BCUT2D eigenvalue weighted by Crippen LogP contribution is -2.62. The number of anilines is 1. The number of rotatable bonds is 4. The highest BCUT2D eigenvalue weighted by Crippen LogP contribution is 2.31. The number of aryl methyl sites for hydroxylation is 1. The van der Waals surface area contributed by atoms with Gasteiger partial charge in [-0.15, -0.1) is 0 Å². The van der Waals surface area contributed by atoms with E-state index in [1.54, 1.807) is 24.1 Å². The van der Waals surface area contributed by atoms with E-state index in [9.17, 15) is 9.59 Å². The van der Waals surface area contributed by atoms with Crippen LogP contribution >= 0.6 is 0 Å². The molecular weight excluding hydrogens is 342 g/mol. The van der Waals surface area contributed by atoms with Crippen LogP contribution in [-0.2, 0) is 11.8 Å². The molecule has 2 aromatic rings. The molecule has 3 heterocycles. The first-order chi connectivity index (χ1) is 13.1. The summed E-state index contributed by atoms with van der Waals surface area (Å²) in [6.07, 6.45) is 5.60. The van der Waals surface area contributed by atoms with Gasteiger partial charge in [0.15, 0.2) is 0 Å². The summed E-state index contributed by atoms with van der Waals surface area (Å²) < 4.78 is 1.63. The number of para-hydroxylation sites is 1. The molecule has 2 amide bonds. The number of nitrogens with one attached hydrogen (secondary N) is 1. The lowest BCUT2D eigenvalue weighted by Gasteiger charge is -2.46. The highest BCUT2D eigenvalue weighted by atomic mass is 16.2. The zero-order valence-electron chi connectivity index (χ0n) is 15.6. The molecule has 1 aromatic heterocycles. The minimum Gasteiger partial charge on any atom is -0.371 e. The molecular formula is C20H25N5O2. The Kier molecular flexibility index (Phi) is 4.59. The summed E-state index contributed by atoms with van der Waals surface area (Å²) in [5.41, 5.74) is 0.890. The second-order valence-electron chi connectivity index (χ2n) is 7.41. The van der Waals surface area contributed by atoms with Crippen LogP contribution in [0.1, 0.15) is 29.6 Å². The fourth-order valence-electron chi connectivity index (χ4n) is 3.82. The topological polar surface area (TPSA) is 70.5 Å². The Hall–Kier alpha value is -2.83. The first-order valence-electron chi connectivity index (χ1n) is 9.48. The number of piperidine rings is 1. The SMILES string of the molecule is Cn1cc(C(=O)N2CCC(Nc3ccccc3)(C(=O)N3CCC3)CC2)cn1. The van der Waals surface area contributed by atoms with Crippen molar-refractivity contribution in [3.8, 4) is 0 Å². The van der Waals surface area contributed by atoms with Crippen molar-refractivity contribution in [2.24, 2.45) is 7.05 Å². The van der Waals surface area contributed by atoms with Gasteiger partial charge in [0.1, 0.15) is 5.54 Å². The van der Waals surface area contributed by atoms with Crippen LogP contribution in [0, 0.1) is 0 Å². The third-order valence-corrected chi connectivity index (χ3v) is 5.57. The van der Waals surface area contributed by atoms with Crippen molar-refractivity contribution in [1.29, 1.82) is 0 Å². The molecule has 2 aliphatic heterocycles. The van der Waals surface area contributed by atoms with Gasteiger partial charge < -0.3 is 15.1 Å². The predicted molar refractivity (Wildman–Crippen MR) is 102 cm³/mol. The van der Waals surface area contributed by atoms with E-state index in [1.165, 1.54) is 0 Å². The number of benzene rings is 1. The molecule has 0 aliphatic carbocycles. The molecule has 7 heteroatoms. The maximum absolute atomic E-state index is 13.2. The van der Waals surface area contributed by atoms with Crippen LogP contribution in [0.25, 0.3) is 0 Å². The predicted octanol–water partition coefficient (Wildman–Crippen LogP) is 1.74. The maximum Gasteiger partial charge on any atom is 0.257 e. The molecule has 0 unspecified atom stereocenters. The molecule has 7 nitrogen and oxygen atoms in total. The monoisotopic (exact) mass is 367 g/mol. The number of aromatic nitrogens is 2. The Bertz CT molecular complexity index is 820. The second-order valence-corrected chi connectivity index (χ2v) is 7.41. The van der Waals surface area contributed by atoms with E-state index in [0.717, 1.165) is 25.2 Å². The van der Waals surface area contributed by atoms with Gasteiger partial charge in [-0.2, -0.15) is 5.10 Å². The van der Waals surface area contributed by atoms with E-state index in [4.69, 9.17) is 0 Å². The molecule has 2 saturated heterocycles. The quantitative estimate of drug-likeness (QED) is 0.894. The number of carbonyl (C=O) groups is 2. The average molecular weight is 367 g/mol. The van der Waals surface area contributed by atoms with E-state index < -0.39 is 5.54 Å². The number of nitrogens with zero attached hydrogens (tertiary/aromatic N) is 4. The van der Waals surface area contributed by atoms with Gasteiger partial charge in [-0.25, -0.2) is 0 Å². The Labute approximate surface area is 158 Å². The van der Waals surface area contributed by atoms with Crippen LogP contribution in [0.2, 0.25) is 0 Å². The van der Waals surface area contributed by atoms with Crippen LogP contribution < -0.4 is 5.32 Å². The standard InChI is InChI=1S/C20H25N5O2/c1-23-15-16(14-21-23)18(26)24-12-8-20(9-13-24,19(27)25-10-5-11-25)22-17-6-3-2-4-7-17/h2-4,6-7,14-15,22H,5,8-13H2,1H3. The molecule has 142 valence electrons. The Morgan fingerprint density at radius 3 is 2.30 bits per heavy atom. The molecule has 4 rings (SSSR count). The van der Waals surface area contributed by atoms with Crippen LogP contribution in [0.3, 0.4) is 0 Å². The van der Waals surface area contributed by atoms with Crippen LogP contribution in [0.5, 0.6) is 0 Å². The Balaban J connectivity index is 1.51. The molecule has 0 saturated carbocycles. The van der Waals surface area contributed by atoms with Crippen LogP contribution in [0.4, 0.5) is 5.69 Å². The summed E-state index contributed by atoms with van der Waals surface area (Å²) in [7, 11) is 1.80. The zero-order chi connectivity index (χ0) is 18.9. The first-order valence-corrected chi connectivity index (χ1v) is 9.48. The summed E-state index contributed by atoms with van der Waals surface area (Å²) in [4.78, 5) is 29.7. The molecule has 1 N–H and O–H groups in total. The van der Waals surface area contributed by atoms with Crippen LogP contribution in [-0.4, -0.2) is 63.1 Å². The van der Waals surface area contributed by atoms with E-state index in [0.29, 0.717) is 31.5 Å². The van der Waals surface area contributed by atoms with Crippen molar-refractivity contribution >= 4 is 17.5 Å². The summed E-state index contributed by atoms with van der Waals surface area (Å²) >= 11 is 0. The smallest absolute Gasteiger partial charge is 0.257 e. The number of carbonyl (C=O) groups excluding carboxylic acids is 2. The number of hydrogen-bond acceptors (Lipinski definition) is 4. The molecule has 1 aromatic carbocycles. The van der Waals surface area contributed by atoms with Gasteiger partial charge >= 0.3 is 0 Å². The molecule has 2 aliphatic rings. The molecule has 0 spiro atoms. The first kappa shape index (κ1) is 17.6. The number of hydrogen-bond donors (Lipinski definition) is 1. The van der Waals surface area contributed by atoms with Gasteiger partial charge in [0.2, 0.25) is 5.91 Å². The van der Waals surface area contributed by atoms with Gasteiger partial charge in [0, 0.05) is 45.1 Å². The summed E-state index contributed by atoms with van der Waals surface area (Å²) in [5.74, 6) is 0.138. The van der Waals surface area contributed by atoms with Crippen molar-refractivity contribution in [2.45, 2.75) is 24.8 Å². The van der Waals surface area contributed by atoms with E-state index >= 15 is 0 Å². The highest BCUT2D eigenvalue weighted by Gasteiger charge is 2.45. The Morgan fingerprint density at radius 1 is 1.04 bits per heavy atom. The summed E-state index contributed by atoms with van der Waals surface area (Å²) in [5, 5.41) is 7.58. The third kappa shape index (κ3) is 3.41. The number of likely N-dealkylation sites (tertiary alicyclic amines) is 2. The fraction of sp³-hybridized carbons (Fsp3) is 0.450. The van der Waals surface area contributed by atoms with Crippen molar-refractivity contribution in [2.75, 3.05) is 31.5 Å². The molecule has 0 radical (unpaired) electrons. The van der Waals surface area contributed by atoms with Crippen LogP contribution in [0.15, 0.2) is 42.7 Å². The van der Waals surface area contributed by atoms with Gasteiger partial charge in [0.05, 0.1) is 11.8 Å². The number of amides is 2. The summed E-state index contributed by atoms with van der Waals surface area (Å²) in [6, 6.07) is 9.86. The lowest BCUT2D eigenvalue weighted by atomic mass is 9.84. The molecule has 27 heavy (non-hydrogen) atoms. The fourth-order valence-corrected chi connectivity index (χ4v) is 3.82. The Morgan fingerprint density at radius 2 is 1.74 bits per heavy atom. The zero-order valence-corrected chi connectivity index (χ0v) is 15.6. The molecule has 0 atom stereocenters. The minimum absolute atomic E-state index is 0.0205. The summed E-state index contributed by atoms with van der Waals surface area (Å²) in [6.45, 7) is 2.76. The minimum atomic E-state index is -0.645.